The maximum Gasteiger partial charge on any atom is 0.275 e. The van der Waals surface area contributed by atoms with Crippen LogP contribution in [-0.4, -0.2) is 11.6 Å². The minimum Gasteiger partial charge on any atom is -0.320 e. The molecule has 112 valence electrons. The summed E-state index contributed by atoms with van der Waals surface area (Å²) >= 11 is 9.58. The van der Waals surface area contributed by atoms with Crippen LogP contribution in [0.3, 0.4) is 0 Å². The van der Waals surface area contributed by atoms with Crippen molar-refractivity contribution in [3.05, 3.63) is 56.5 Å². The van der Waals surface area contributed by atoms with Gasteiger partial charge in [-0.15, -0.1) is 0 Å². The number of hydrogen-bond acceptors (Lipinski definition) is 2. The van der Waals surface area contributed by atoms with Gasteiger partial charge >= 0.3 is 0 Å². The molecule has 1 heterocycles. The van der Waals surface area contributed by atoms with Gasteiger partial charge in [-0.25, -0.2) is 4.99 Å². The molecule has 3 rings (SSSR count). The summed E-state index contributed by atoms with van der Waals surface area (Å²) in [5, 5.41) is 3.50. The Kier molecular flexibility index (Phi) is 4.06. The fraction of sp³-hybridized carbons (Fsp3) is 0.176. The molecule has 0 bridgehead atoms. The quantitative estimate of drug-likeness (QED) is 0.782. The fourth-order valence-electron chi connectivity index (χ4n) is 2.52. The number of hydrogen-bond donors (Lipinski definition) is 1. The minimum atomic E-state index is -0.190. The van der Waals surface area contributed by atoms with Gasteiger partial charge in [0.2, 0.25) is 0 Å². The Morgan fingerprint density at radius 2 is 2.05 bits per heavy atom. The van der Waals surface area contributed by atoms with Crippen LogP contribution in [0, 0.1) is 6.92 Å². The lowest BCUT2D eigenvalue weighted by Gasteiger charge is -2.06. The number of nitrogens with zero attached hydrogens (tertiary/aromatic N) is 1. The van der Waals surface area contributed by atoms with E-state index in [-0.39, 0.29) is 5.91 Å². The van der Waals surface area contributed by atoms with Gasteiger partial charge in [-0.1, -0.05) is 34.5 Å². The van der Waals surface area contributed by atoms with E-state index < -0.39 is 0 Å². The average Bonchev–Trinajstić information content (AvgIpc) is 2.82. The first kappa shape index (κ1) is 15.3. The van der Waals surface area contributed by atoms with Gasteiger partial charge in [0.1, 0.15) is 5.71 Å². The summed E-state index contributed by atoms with van der Waals surface area (Å²) in [6, 6.07) is 9.52. The van der Waals surface area contributed by atoms with Gasteiger partial charge in [0.05, 0.1) is 11.4 Å². The van der Waals surface area contributed by atoms with Crippen LogP contribution in [0.2, 0.25) is 5.02 Å². The van der Waals surface area contributed by atoms with E-state index in [0.717, 1.165) is 39.0 Å². The predicted octanol–water partition coefficient (Wildman–Crippen LogP) is 5.05. The molecular formula is C17H14BrClN2O. The zero-order valence-electron chi connectivity index (χ0n) is 12.2. The van der Waals surface area contributed by atoms with Crippen molar-refractivity contribution in [2.24, 2.45) is 4.99 Å². The van der Waals surface area contributed by atoms with E-state index in [4.69, 9.17) is 11.6 Å². The number of aryl methyl sites for hydroxylation is 1. The first-order chi connectivity index (χ1) is 10.5. The Bertz CT molecular complexity index is 815. The van der Waals surface area contributed by atoms with Crippen molar-refractivity contribution in [1.82, 2.24) is 0 Å². The molecule has 0 radical (unpaired) electrons. The summed E-state index contributed by atoms with van der Waals surface area (Å²) in [5.41, 5.74) is 4.77. The highest BCUT2D eigenvalue weighted by Crippen LogP contribution is 2.34. The minimum absolute atomic E-state index is 0.190. The highest BCUT2D eigenvalue weighted by molar-refractivity contribution is 9.10. The van der Waals surface area contributed by atoms with Crippen LogP contribution in [0.25, 0.3) is 0 Å². The van der Waals surface area contributed by atoms with E-state index in [1.165, 1.54) is 0 Å². The van der Waals surface area contributed by atoms with Crippen molar-refractivity contribution >= 4 is 50.5 Å². The molecule has 1 N–H and O–H groups in total. The Hall–Kier alpha value is -1.65. The van der Waals surface area contributed by atoms with Gasteiger partial charge < -0.3 is 5.32 Å². The lowest BCUT2D eigenvalue weighted by molar-refractivity contribution is -0.110. The molecule has 0 spiro atoms. The Balaban J connectivity index is 2.15. The average molecular weight is 378 g/mol. The number of amides is 1. The fourth-order valence-corrected chi connectivity index (χ4v) is 3.08. The van der Waals surface area contributed by atoms with Crippen molar-refractivity contribution < 1.29 is 4.79 Å². The Morgan fingerprint density at radius 3 is 2.77 bits per heavy atom. The molecule has 1 aliphatic rings. The van der Waals surface area contributed by atoms with Gasteiger partial charge in [-0.2, -0.15) is 0 Å². The molecule has 0 fully saturated rings. The number of carbonyl (C=O) groups excluding carboxylic acids is 1. The van der Waals surface area contributed by atoms with E-state index >= 15 is 0 Å². The van der Waals surface area contributed by atoms with Gasteiger partial charge in [0.25, 0.3) is 5.91 Å². The van der Waals surface area contributed by atoms with E-state index in [9.17, 15) is 4.79 Å². The second-order valence-corrected chi connectivity index (χ2v) is 6.46. The molecular weight excluding hydrogens is 364 g/mol. The number of nitrogens with one attached hydrogen (secondary N) is 1. The highest BCUT2D eigenvalue weighted by Gasteiger charge is 2.28. The largest absolute Gasteiger partial charge is 0.320 e. The normalized spacial score (nSPS) is 15.1. The molecule has 1 amide bonds. The van der Waals surface area contributed by atoms with Gasteiger partial charge in [-0.3, -0.25) is 4.79 Å². The number of halogens is 2. The standard InChI is InChI=1S/C17H14BrClN2O/c1-3-10-8-11(18)4-7-14(10)20-16-12-5-6-13(19)9(2)15(12)21-17(16)22/h4-8H,3H2,1-2H3,(H,20,21,22). The van der Waals surface area contributed by atoms with Crippen molar-refractivity contribution in [1.29, 1.82) is 0 Å². The van der Waals surface area contributed by atoms with Crippen LogP contribution in [-0.2, 0) is 11.2 Å². The predicted molar refractivity (Wildman–Crippen MR) is 94.5 cm³/mol. The number of anilines is 1. The van der Waals surface area contributed by atoms with Gasteiger partial charge in [0.15, 0.2) is 0 Å². The highest BCUT2D eigenvalue weighted by atomic mass is 79.9. The van der Waals surface area contributed by atoms with Gasteiger partial charge in [0, 0.05) is 15.1 Å². The van der Waals surface area contributed by atoms with Gasteiger partial charge in [-0.05, 0) is 54.8 Å². The number of rotatable bonds is 2. The molecule has 0 saturated carbocycles. The third kappa shape index (κ3) is 2.57. The maximum absolute atomic E-state index is 12.3. The van der Waals surface area contributed by atoms with Crippen LogP contribution in [0.1, 0.15) is 23.6 Å². The second-order valence-electron chi connectivity index (χ2n) is 5.14. The molecule has 0 aromatic heterocycles. The van der Waals surface area contributed by atoms with E-state index in [1.807, 2.05) is 31.2 Å². The topological polar surface area (TPSA) is 41.5 Å². The lowest BCUT2D eigenvalue weighted by atomic mass is 10.1. The smallest absolute Gasteiger partial charge is 0.275 e. The van der Waals surface area contributed by atoms with E-state index in [1.54, 1.807) is 6.07 Å². The van der Waals surface area contributed by atoms with Crippen molar-refractivity contribution in [3.8, 4) is 0 Å². The van der Waals surface area contributed by atoms with Crippen LogP contribution in [0.5, 0.6) is 0 Å². The first-order valence-corrected chi connectivity index (χ1v) is 8.16. The molecule has 0 aliphatic carbocycles. The van der Waals surface area contributed by atoms with Crippen LogP contribution in [0.4, 0.5) is 11.4 Å². The molecule has 5 heteroatoms. The summed E-state index contributed by atoms with van der Waals surface area (Å²) in [6.07, 6.45) is 0.847. The van der Waals surface area contributed by atoms with E-state index in [0.29, 0.717) is 10.7 Å². The van der Waals surface area contributed by atoms with Crippen molar-refractivity contribution in [2.75, 3.05) is 5.32 Å². The second kappa shape index (κ2) is 5.86. The third-order valence-electron chi connectivity index (χ3n) is 3.76. The maximum atomic E-state index is 12.3. The number of carbonyl (C=O) groups is 1. The molecule has 0 atom stereocenters. The summed E-state index contributed by atoms with van der Waals surface area (Å²) in [6.45, 7) is 3.96. The summed E-state index contributed by atoms with van der Waals surface area (Å²) in [4.78, 5) is 16.9. The first-order valence-electron chi connectivity index (χ1n) is 6.99. The Morgan fingerprint density at radius 1 is 1.27 bits per heavy atom. The van der Waals surface area contributed by atoms with Crippen LogP contribution in [0.15, 0.2) is 39.8 Å². The van der Waals surface area contributed by atoms with E-state index in [2.05, 4.69) is 33.2 Å². The number of benzene rings is 2. The monoisotopic (exact) mass is 376 g/mol. The molecule has 0 unspecified atom stereocenters. The molecule has 22 heavy (non-hydrogen) atoms. The van der Waals surface area contributed by atoms with Crippen LogP contribution < -0.4 is 5.32 Å². The summed E-state index contributed by atoms with van der Waals surface area (Å²) in [7, 11) is 0. The lowest BCUT2D eigenvalue weighted by Crippen LogP contribution is -2.14. The zero-order chi connectivity index (χ0) is 15.9. The van der Waals surface area contributed by atoms with Crippen molar-refractivity contribution in [2.45, 2.75) is 20.3 Å². The SMILES string of the molecule is CCc1cc(Br)ccc1N=C1C(=O)Nc2c1ccc(Cl)c2C. The molecule has 3 nitrogen and oxygen atoms in total. The number of aliphatic imine (C=N–C) groups is 1. The third-order valence-corrected chi connectivity index (χ3v) is 4.67. The molecule has 0 saturated heterocycles. The summed E-state index contributed by atoms with van der Waals surface area (Å²) in [5.74, 6) is -0.190. The summed E-state index contributed by atoms with van der Waals surface area (Å²) < 4.78 is 1.01. The zero-order valence-corrected chi connectivity index (χ0v) is 14.5. The van der Waals surface area contributed by atoms with Crippen LogP contribution >= 0.6 is 27.5 Å². The van der Waals surface area contributed by atoms with Crippen molar-refractivity contribution in [3.63, 3.8) is 0 Å². The molecule has 1 aliphatic heterocycles. The Labute approximate surface area is 142 Å². The number of fused-ring (bicyclic) bond motifs is 1. The molecule has 2 aromatic rings. The molecule has 2 aromatic carbocycles.